The van der Waals surface area contributed by atoms with E-state index >= 15 is 0 Å². The summed E-state index contributed by atoms with van der Waals surface area (Å²) in [5.41, 5.74) is 4.44. The lowest BCUT2D eigenvalue weighted by Crippen LogP contribution is -2.46. The van der Waals surface area contributed by atoms with Crippen molar-refractivity contribution >= 4 is 28.6 Å². The van der Waals surface area contributed by atoms with Gasteiger partial charge in [-0.25, -0.2) is 4.79 Å². The maximum absolute atomic E-state index is 12.4. The second-order valence-corrected chi connectivity index (χ2v) is 6.19. The van der Waals surface area contributed by atoms with Gasteiger partial charge in [-0.3, -0.25) is 20.4 Å². The highest BCUT2D eigenvalue weighted by Crippen LogP contribution is 2.35. The smallest absolute Gasteiger partial charge is 0.342 e. The zero-order valence-electron chi connectivity index (χ0n) is 15.4. The number of esters is 1. The number of phenolic OH excluding ortho intramolecular Hbond substituents is 2. The third kappa shape index (κ3) is 4.27. The number of fused-ring (bicyclic) bond motifs is 1. The molecule has 8 heteroatoms. The number of phenols is 2. The highest BCUT2D eigenvalue weighted by atomic mass is 16.5. The molecule has 0 unspecified atom stereocenters. The summed E-state index contributed by atoms with van der Waals surface area (Å²) < 4.78 is 5.05. The van der Waals surface area contributed by atoms with E-state index in [2.05, 4.69) is 10.9 Å². The summed E-state index contributed by atoms with van der Waals surface area (Å²) >= 11 is 0. The lowest BCUT2D eigenvalue weighted by atomic mass is 10.0. The van der Waals surface area contributed by atoms with Crippen molar-refractivity contribution in [2.45, 2.75) is 13.0 Å². The van der Waals surface area contributed by atoms with Gasteiger partial charge in [0.05, 0.1) is 0 Å². The number of aromatic hydroxyl groups is 2. The third-order valence-corrected chi connectivity index (χ3v) is 4.20. The highest BCUT2D eigenvalue weighted by Gasteiger charge is 2.23. The second kappa shape index (κ2) is 8.30. The maximum Gasteiger partial charge on any atom is 0.342 e. The van der Waals surface area contributed by atoms with E-state index in [1.165, 1.54) is 13.0 Å². The van der Waals surface area contributed by atoms with Crippen molar-refractivity contribution in [1.29, 1.82) is 0 Å². The summed E-state index contributed by atoms with van der Waals surface area (Å²) in [5.74, 6) is -2.88. The van der Waals surface area contributed by atoms with E-state index in [9.17, 15) is 24.6 Å². The van der Waals surface area contributed by atoms with Gasteiger partial charge in [0.15, 0.2) is 6.10 Å². The van der Waals surface area contributed by atoms with Gasteiger partial charge in [-0.05, 0) is 25.1 Å². The number of carbonyl (C=O) groups is 3. The van der Waals surface area contributed by atoms with Crippen molar-refractivity contribution < 1.29 is 29.3 Å². The fraction of sp³-hybridized carbons (Fsp3) is 0.0952. The summed E-state index contributed by atoms with van der Waals surface area (Å²) in [4.78, 5) is 36.4. The van der Waals surface area contributed by atoms with Crippen molar-refractivity contribution in [1.82, 2.24) is 10.9 Å². The molecule has 0 heterocycles. The largest absolute Gasteiger partial charge is 0.507 e. The zero-order chi connectivity index (χ0) is 21.0. The van der Waals surface area contributed by atoms with Crippen molar-refractivity contribution in [3.05, 3.63) is 71.8 Å². The van der Waals surface area contributed by atoms with E-state index in [0.29, 0.717) is 10.9 Å². The second-order valence-electron chi connectivity index (χ2n) is 6.19. The van der Waals surface area contributed by atoms with Crippen molar-refractivity contribution in [3.63, 3.8) is 0 Å². The van der Waals surface area contributed by atoms with Gasteiger partial charge >= 0.3 is 5.97 Å². The number of benzene rings is 3. The number of ether oxygens (including phenoxy) is 1. The number of rotatable bonds is 4. The van der Waals surface area contributed by atoms with Crippen LogP contribution in [0.2, 0.25) is 0 Å². The van der Waals surface area contributed by atoms with Gasteiger partial charge in [0.25, 0.3) is 11.8 Å². The average Bonchev–Trinajstić information content (AvgIpc) is 2.74. The summed E-state index contributed by atoms with van der Waals surface area (Å²) in [7, 11) is 0. The molecule has 4 N–H and O–H groups in total. The number of amides is 2. The van der Waals surface area contributed by atoms with E-state index in [0.717, 1.165) is 6.07 Å². The van der Waals surface area contributed by atoms with Crippen LogP contribution in [0.5, 0.6) is 11.5 Å². The molecule has 0 aliphatic carbocycles. The maximum atomic E-state index is 12.4. The Morgan fingerprint density at radius 1 is 0.897 bits per heavy atom. The molecule has 0 radical (unpaired) electrons. The number of carbonyl (C=O) groups excluding carboxylic acids is 3. The Morgan fingerprint density at radius 2 is 1.52 bits per heavy atom. The molecular weight excluding hydrogens is 376 g/mol. The summed E-state index contributed by atoms with van der Waals surface area (Å²) in [5, 5.41) is 21.0. The molecule has 1 atom stereocenters. The molecule has 8 nitrogen and oxygen atoms in total. The monoisotopic (exact) mass is 394 g/mol. The number of hydrazine groups is 1. The van der Waals surface area contributed by atoms with Gasteiger partial charge in [-0.15, -0.1) is 0 Å². The number of hydrogen-bond donors (Lipinski definition) is 4. The molecule has 29 heavy (non-hydrogen) atoms. The molecule has 0 saturated heterocycles. The van der Waals surface area contributed by atoms with Crippen LogP contribution in [0.4, 0.5) is 0 Å². The number of nitrogens with one attached hydrogen (secondary N) is 2. The average molecular weight is 394 g/mol. The summed E-state index contributed by atoms with van der Waals surface area (Å²) in [6.45, 7) is 1.31. The van der Waals surface area contributed by atoms with Crippen LogP contribution in [-0.2, 0) is 9.53 Å². The quantitative estimate of drug-likeness (QED) is 0.306. The van der Waals surface area contributed by atoms with Crippen LogP contribution in [0, 0.1) is 0 Å². The Labute approximate surface area is 165 Å². The van der Waals surface area contributed by atoms with Gasteiger partial charge in [-0.2, -0.15) is 0 Å². The molecule has 0 spiro atoms. The Bertz CT molecular complexity index is 1080. The fourth-order valence-electron chi connectivity index (χ4n) is 2.66. The van der Waals surface area contributed by atoms with Gasteiger partial charge < -0.3 is 14.9 Å². The Kier molecular flexibility index (Phi) is 5.64. The normalized spacial score (nSPS) is 11.5. The summed E-state index contributed by atoms with van der Waals surface area (Å²) in [6, 6.07) is 15.7. The van der Waals surface area contributed by atoms with E-state index < -0.39 is 23.9 Å². The van der Waals surface area contributed by atoms with Crippen LogP contribution >= 0.6 is 0 Å². The third-order valence-electron chi connectivity index (χ3n) is 4.20. The van der Waals surface area contributed by atoms with E-state index in [1.807, 2.05) is 0 Å². The van der Waals surface area contributed by atoms with Crippen molar-refractivity contribution in [2.24, 2.45) is 0 Å². The Morgan fingerprint density at radius 3 is 2.21 bits per heavy atom. The van der Waals surface area contributed by atoms with Gasteiger partial charge in [0, 0.05) is 16.3 Å². The molecule has 3 aromatic carbocycles. The minimum absolute atomic E-state index is 0.211. The lowest BCUT2D eigenvalue weighted by molar-refractivity contribution is -0.129. The Hall–Kier alpha value is -4.07. The molecule has 0 saturated carbocycles. The van der Waals surface area contributed by atoms with Gasteiger partial charge in [0.1, 0.15) is 17.1 Å². The van der Waals surface area contributed by atoms with E-state index in [1.54, 1.807) is 48.5 Å². The topological polar surface area (TPSA) is 125 Å². The van der Waals surface area contributed by atoms with Gasteiger partial charge in [-0.1, -0.05) is 42.5 Å². The fourth-order valence-corrected chi connectivity index (χ4v) is 2.66. The van der Waals surface area contributed by atoms with E-state index in [4.69, 9.17) is 4.74 Å². The molecule has 0 aliphatic rings. The highest BCUT2D eigenvalue weighted by molar-refractivity contribution is 6.04. The zero-order valence-corrected chi connectivity index (χ0v) is 15.4. The first-order valence-electron chi connectivity index (χ1n) is 8.68. The standard InChI is InChI=1S/C21H18N2O6/c1-12(19(26)22-23-20(27)13-7-3-2-4-8-13)29-21(28)16-11-17(24)14-9-5-6-10-15(14)18(16)25/h2-12,24-25H,1H3,(H,22,26)(H,23,27)/t12-/m0/s1. The molecule has 0 fully saturated rings. The first-order valence-corrected chi connectivity index (χ1v) is 8.68. The SMILES string of the molecule is C[C@H](OC(=O)c1cc(O)c2ccccc2c1O)C(=O)NNC(=O)c1ccccc1. The van der Waals surface area contributed by atoms with Crippen LogP contribution in [0.3, 0.4) is 0 Å². The molecule has 0 bridgehead atoms. The number of hydrogen-bond acceptors (Lipinski definition) is 6. The lowest BCUT2D eigenvalue weighted by Gasteiger charge is -2.15. The van der Waals surface area contributed by atoms with Gasteiger partial charge in [0.2, 0.25) is 0 Å². The van der Waals surface area contributed by atoms with Crippen LogP contribution in [0.1, 0.15) is 27.6 Å². The van der Waals surface area contributed by atoms with E-state index in [-0.39, 0.29) is 22.4 Å². The van der Waals surface area contributed by atoms with Crippen molar-refractivity contribution in [3.8, 4) is 11.5 Å². The Balaban J connectivity index is 1.66. The molecule has 148 valence electrons. The van der Waals surface area contributed by atoms with Crippen LogP contribution < -0.4 is 10.9 Å². The first kappa shape index (κ1) is 19.7. The molecule has 0 aliphatic heterocycles. The van der Waals surface area contributed by atoms with Crippen LogP contribution in [-0.4, -0.2) is 34.1 Å². The predicted octanol–water partition coefficient (Wildman–Crippen LogP) is 2.26. The minimum atomic E-state index is -1.27. The van der Waals surface area contributed by atoms with Crippen LogP contribution in [0.25, 0.3) is 10.8 Å². The van der Waals surface area contributed by atoms with Crippen LogP contribution in [0.15, 0.2) is 60.7 Å². The molecular formula is C21H18N2O6. The first-order chi connectivity index (χ1) is 13.9. The summed E-state index contributed by atoms with van der Waals surface area (Å²) in [6.07, 6.45) is -1.27. The predicted molar refractivity (Wildman–Crippen MR) is 104 cm³/mol. The minimum Gasteiger partial charge on any atom is -0.507 e. The molecule has 2 amide bonds. The molecule has 0 aromatic heterocycles. The molecule has 3 rings (SSSR count). The molecule has 3 aromatic rings. The van der Waals surface area contributed by atoms with Crippen molar-refractivity contribution in [2.75, 3.05) is 0 Å².